The fourth-order valence-electron chi connectivity index (χ4n) is 13.6. The van der Waals surface area contributed by atoms with Crippen LogP contribution < -0.4 is 20.2 Å². The number of para-hydroxylation sites is 1. The van der Waals surface area contributed by atoms with E-state index < -0.39 is 5.41 Å². The molecule has 380 valence electrons. The molecule has 0 bridgehead atoms. The highest BCUT2D eigenvalue weighted by Crippen LogP contribution is 2.67. The van der Waals surface area contributed by atoms with E-state index >= 15 is 0 Å². The van der Waals surface area contributed by atoms with Crippen molar-refractivity contribution in [1.29, 1.82) is 0 Å². The van der Waals surface area contributed by atoms with E-state index in [4.69, 9.17) is 4.42 Å². The summed E-state index contributed by atoms with van der Waals surface area (Å²) in [7, 11) is 0. The summed E-state index contributed by atoms with van der Waals surface area (Å²) in [5.41, 5.74) is 20.2. The number of rotatable bonds is 6. The Morgan fingerprint density at radius 2 is 0.937 bits per heavy atom. The van der Waals surface area contributed by atoms with Gasteiger partial charge in [-0.25, -0.2) is 0 Å². The molecule has 12 aromatic rings. The van der Waals surface area contributed by atoms with Gasteiger partial charge < -0.3 is 14.2 Å². The summed E-state index contributed by atoms with van der Waals surface area (Å²) >= 11 is 0. The number of furan rings is 1. The molecule has 0 aliphatic heterocycles. The molecular formula is C76H60N2O. The molecule has 0 radical (unpaired) electrons. The zero-order chi connectivity index (χ0) is 53.4. The third-order valence-electron chi connectivity index (χ3n) is 17.4. The highest BCUT2D eigenvalue weighted by molar-refractivity contribution is 6.23. The second-order valence-electron chi connectivity index (χ2n) is 24.0. The minimum absolute atomic E-state index is 0.00542. The Balaban J connectivity index is 1.09. The van der Waals surface area contributed by atoms with Gasteiger partial charge in [0.25, 0.3) is 0 Å². The molecule has 0 amide bonds. The molecule has 1 spiro atoms. The second kappa shape index (κ2) is 17.4. The normalized spacial score (nSPS) is 14.0. The van der Waals surface area contributed by atoms with Crippen molar-refractivity contribution >= 4 is 84.1 Å². The first-order valence-corrected chi connectivity index (χ1v) is 28.0. The van der Waals surface area contributed by atoms with Crippen LogP contribution in [0, 0.1) is 0 Å². The monoisotopic (exact) mass is 1020 g/mol. The Morgan fingerprint density at radius 3 is 1.62 bits per heavy atom. The van der Waals surface area contributed by atoms with Crippen LogP contribution in [0.1, 0.15) is 81.3 Å². The molecule has 0 fully saturated rings. The standard InChI is InChI=1S/C76H60N2O/c1-74(2,3)52-34-41-55(42-35-52)77(54-38-31-48-19-7-8-20-49(48)32-39-54)68-47-66-72(73-71(68)62-27-15-18-30-69(62)79-73)70-61-26-12-11-25-60(61)67(46-65(70)76(66)63-28-16-13-23-58(63)59-24-14-17-29-64(59)76)78(56-43-36-53(37-44-56)75(4,5)6)57-40-33-50-21-9-10-22-51(50)45-57/h7-38,40-47H,39H2,1-6H3. The van der Waals surface area contributed by atoms with Crippen molar-refractivity contribution in [3.05, 3.63) is 280 Å². The largest absolute Gasteiger partial charge is 0.455 e. The molecule has 1 heterocycles. The fourth-order valence-corrected chi connectivity index (χ4v) is 13.6. The van der Waals surface area contributed by atoms with Crippen molar-refractivity contribution in [2.75, 3.05) is 9.80 Å². The Hall–Kier alpha value is -9.18. The highest BCUT2D eigenvalue weighted by Gasteiger charge is 2.54. The Bertz CT molecular complexity index is 4610. The van der Waals surface area contributed by atoms with Crippen molar-refractivity contribution < 1.29 is 4.42 Å². The van der Waals surface area contributed by atoms with Crippen molar-refractivity contribution in [3.63, 3.8) is 0 Å². The summed E-state index contributed by atoms with van der Waals surface area (Å²) in [6.45, 7) is 13.8. The average Bonchev–Trinajstić information content (AvgIpc) is 1.85. The van der Waals surface area contributed by atoms with Gasteiger partial charge in [-0.15, -0.1) is 0 Å². The first-order chi connectivity index (χ1) is 38.4. The number of nitrogens with zero attached hydrogens (tertiary/aromatic N) is 2. The molecule has 15 rings (SSSR count). The SMILES string of the molecule is CC(C)(C)c1ccc(N(C2=CC=c3ccccc3=CC2)c2cc3c(c4oc5ccccc5c24)-c2c(cc(N(c4ccc(C(C)(C)C)cc4)c4ccc5ccccc5c4)c4ccccc24)C32c3ccccc3-c3ccccc32)cc1. The Kier molecular flexibility index (Phi) is 10.4. The van der Waals surface area contributed by atoms with Gasteiger partial charge in [-0.2, -0.15) is 0 Å². The van der Waals surface area contributed by atoms with Gasteiger partial charge in [0, 0.05) is 45.5 Å². The first-order valence-electron chi connectivity index (χ1n) is 28.0. The van der Waals surface area contributed by atoms with Crippen LogP contribution in [0.3, 0.4) is 0 Å². The predicted octanol–water partition coefficient (Wildman–Crippen LogP) is 19.0. The summed E-state index contributed by atoms with van der Waals surface area (Å²) in [6.07, 6.45) is 7.78. The summed E-state index contributed by atoms with van der Waals surface area (Å²) < 4.78 is 7.56. The number of hydrogen-bond donors (Lipinski definition) is 0. The lowest BCUT2D eigenvalue weighted by molar-refractivity contribution is 0.590. The summed E-state index contributed by atoms with van der Waals surface area (Å²) in [4.78, 5) is 5.06. The number of hydrogen-bond acceptors (Lipinski definition) is 3. The fraction of sp³-hybridized carbons (Fsp3) is 0.132. The zero-order valence-corrected chi connectivity index (χ0v) is 45.6. The molecule has 0 saturated heterocycles. The number of benzene rings is 11. The molecule has 0 unspecified atom stereocenters. The van der Waals surface area contributed by atoms with Crippen LogP contribution in [-0.2, 0) is 16.2 Å². The molecule has 0 N–H and O–H groups in total. The Labute approximate surface area is 462 Å². The average molecular weight is 1020 g/mol. The summed E-state index contributed by atoms with van der Waals surface area (Å²) in [5, 5.41) is 9.41. The summed E-state index contributed by atoms with van der Waals surface area (Å²) in [5.74, 6) is 0. The lowest BCUT2D eigenvalue weighted by atomic mass is 9.70. The first kappa shape index (κ1) is 47.1. The minimum Gasteiger partial charge on any atom is -0.455 e. The van der Waals surface area contributed by atoms with E-state index in [0.29, 0.717) is 0 Å². The van der Waals surface area contributed by atoms with Gasteiger partial charge >= 0.3 is 0 Å². The zero-order valence-electron chi connectivity index (χ0n) is 45.6. The smallest absolute Gasteiger partial charge is 0.145 e. The molecule has 3 aliphatic carbocycles. The lowest BCUT2D eigenvalue weighted by Crippen LogP contribution is -2.27. The second-order valence-corrected chi connectivity index (χ2v) is 24.0. The van der Waals surface area contributed by atoms with Crippen molar-refractivity contribution in [1.82, 2.24) is 0 Å². The Morgan fingerprint density at radius 1 is 0.405 bits per heavy atom. The molecule has 3 nitrogen and oxygen atoms in total. The van der Waals surface area contributed by atoms with Gasteiger partial charge in [-0.05, 0) is 148 Å². The van der Waals surface area contributed by atoms with E-state index in [0.717, 1.165) is 62.4 Å². The van der Waals surface area contributed by atoms with E-state index in [1.165, 1.54) is 87.8 Å². The maximum atomic E-state index is 7.56. The number of anilines is 5. The van der Waals surface area contributed by atoms with Crippen LogP contribution >= 0.6 is 0 Å². The molecule has 1 aromatic heterocycles. The van der Waals surface area contributed by atoms with Crippen LogP contribution in [0.2, 0.25) is 0 Å². The maximum absolute atomic E-state index is 7.56. The van der Waals surface area contributed by atoms with Crippen LogP contribution in [0.25, 0.3) is 77.9 Å². The molecule has 79 heavy (non-hydrogen) atoms. The van der Waals surface area contributed by atoms with E-state index in [1.54, 1.807) is 0 Å². The predicted molar refractivity (Wildman–Crippen MR) is 333 cm³/mol. The van der Waals surface area contributed by atoms with E-state index in [2.05, 4.69) is 294 Å². The van der Waals surface area contributed by atoms with E-state index in [-0.39, 0.29) is 10.8 Å². The van der Waals surface area contributed by atoms with Gasteiger partial charge in [0.05, 0.1) is 22.2 Å². The van der Waals surface area contributed by atoms with Crippen LogP contribution in [0.15, 0.2) is 241 Å². The lowest BCUT2D eigenvalue weighted by Gasteiger charge is -2.34. The molecule has 0 saturated carbocycles. The van der Waals surface area contributed by atoms with Crippen LogP contribution in [-0.4, -0.2) is 0 Å². The third-order valence-corrected chi connectivity index (χ3v) is 17.4. The number of fused-ring (bicyclic) bond motifs is 18. The van der Waals surface area contributed by atoms with Gasteiger partial charge in [-0.3, -0.25) is 0 Å². The topological polar surface area (TPSA) is 19.6 Å². The highest BCUT2D eigenvalue weighted by atomic mass is 16.3. The van der Waals surface area contributed by atoms with Gasteiger partial charge in [0.1, 0.15) is 11.2 Å². The molecule has 0 atom stereocenters. The number of allylic oxidation sites excluding steroid dienone is 2. The van der Waals surface area contributed by atoms with Gasteiger partial charge in [0.2, 0.25) is 0 Å². The van der Waals surface area contributed by atoms with Crippen molar-refractivity contribution in [3.8, 4) is 22.3 Å². The van der Waals surface area contributed by atoms with Crippen molar-refractivity contribution in [2.45, 2.75) is 64.2 Å². The van der Waals surface area contributed by atoms with E-state index in [1.807, 2.05) is 0 Å². The molecule has 11 aromatic carbocycles. The third kappa shape index (κ3) is 7.11. The maximum Gasteiger partial charge on any atom is 0.145 e. The minimum atomic E-state index is -0.752. The van der Waals surface area contributed by atoms with E-state index in [9.17, 15) is 0 Å². The van der Waals surface area contributed by atoms with Gasteiger partial charge in [-0.1, -0.05) is 224 Å². The molecule has 3 aliphatic rings. The van der Waals surface area contributed by atoms with Crippen molar-refractivity contribution in [2.24, 2.45) is 0 Å². The molecular weight excluding hydrogens is 957 g/mol. The van der Waals surface area contributed by atoms with Gasteiger partial charge in [0.15, 0.2) is 0 Å². The quantitative estimate of drug-likeness (QED) is 0.165. The van der Waals surface area contributed by atoms with Crippen LogP contribution in [0.5, 0.6) is 0 Å². The molecule has 3 heteroatoms. The summed E-state index contributed by atoms with van der Waals surface area (Å²) in [6, 6.07) is 84.3. The van der Waals surface area contributed by atoms with Crippen LogP contribution in [0.4, 0.5) is 28.4 Å².